The predicted octanol–water partition coefficient (Wildman–Crippen LogP) is 4.63. The topological polar surface area (TPSA) is 64.1 Å². The van der Waals surface area contributed by atoms with Gasteiger partial charge in [-0.2, -0.15) is 0 Å². The molecule has 140 valence electrons. The van der Waals surface area contributed by atoms with Gasteiger partial charge in [0.15, 0.2) is 6.61 Å². The summed E-state index contributed by atoms with van der Waals surface area (Å²) in [4.78, 5) is 22.4. The molecule has 0 aliphatic carbocycles. The minimum absolute atomic E-state index is 0.00887. The number of ether oxygens (including phenoxy) is 1. The molecule has 0 atom stereocenters. The quantitative estimate of drug-likeness (QED) is 0.497. The van der Waals surface area contributed by atoms with E-state index in [1.807, 2.05) is 38.3 Å². The second-order valence-corrected chi connectivity index (χ2v) is 9.69. The molecule has 0 aliphatic heterocycles. The number of hydrogen-bond donors (Lipinski definition) is 1. The van der Waals surface area contributed by atoms with Gasteiger partial charge in [-0.15, -0.1) is 34.0 Å². The summed E-state index contributed by atoms with van der Waals surface area (Å²) in [6, 6.07) is 4.02. The van der Waals surface area contributed by atoms with E-state index in [0.717, 1.165) is 48.2 Å². The first-order chi connectivity index (χ1) is 13.0. The standard InChI is InChI=1S/C19H19N3O2S3/c1-10-15(26-11(2)21-10)4-6-20-17(23)9-24-14-8-16-18(22-12(3)27-16)19-13(14)5-7-25-19/h5,7-8H,4,6,9H2,1-3H3,(H,20,23). The van der Waals surface area contributed by atoms with Crippen LogP contribution in [0.2, 0.25) is 0 Å². The molecular formula is C19H19N3O2S3. The lowest BCUT2D eigenvalue weighted by Crippen LogP contribution is -2.30. The first kappa shape index (κ1) is 18.3. The summed E-state index contributed by atoms with van der Waals surface area (Å²) in [5.41, 5.74) is 2.07. The number of thiazole rings is 2. The number of hydrogen-bond acceptors (Lipinski definition) is 7. The Kier molecular flexibility index (Phi) is 5.12. The normalized spacial score (nSPS) is 11.4. The van der Waals surface area contributed by atoms with Crippen molar-refractivity contribution >= 4 is 60.2 Å². The van der Waals surface area contributed by atoms with Gasteiger partial charge in [0.25, 0.3) is 5.91 Å². The summed E-state index contributed by atoms with van der Waals surface area (Å²) in [5, 5.41) is 8.07. The molecule has 0 fully saturated rings. The lowest BCUT2D eigenvalue weighted by atomic mass is 10.2. The third kappa shape index (κ3) is 3.83. The van der Waals surface area contributed by atoms with Crippen LogP contribution in [-0.2, 0) is 11.2 Å². The van der Waals surface area contributed by atoms with Gasteiger partial charge in [0.05, 0.1) is 30.6 Å². The number of amides is 1. The third-order valence-electron chi connectivity index (χ3n) is 4.20. The second-order valence-electron chi connectivity index (χ2n) is 6.25. The predicted molar refractivity (Wildman–Crippen MR) is 114 cm³/mol. The van der Waals surface area contributed by atoms with E-state index in [1.54, 1.807) is 34.0 Å². The lowest BCUT2D eigenvalue weighted by molar-refractivity contribution is -0.123. The second kappa shape index (κ2) is 7.53. The summed E-state index contributed by atoms with van der Waals surface area (Å²) in [5.74, 6) is 0.629. The van der Waals surface area contributed by atoms with Crippen LogP contribution < -0.4 is 10.1 Å². The minimum Gasteiger partial charge on any atom is -0.483 e. The molecule has 1 N–H and O–H groups in total. The summed E-state index contributed by atoms with van der Waals surface area (Å²) in [6.45, 7) is 6.61. The maximum Gasteiger partial charge on any atom is 0.257 e. The Labute approximate surface area is 169 Å². The minimum atomic E-state index is -0.113. The van der Waals surface area contributed by atoms with E-state index in [0.29, 0.717) is 6.54 Å². The average molecular weight is 418 g/mol. The number of thiophene rings is 1. The van der Waals surface area contributed by atoms with Crippen molar-refractivity contribution in [2.45, 2.75) is 27.2 Å². The van der Waals surface area contributed by atoms with Gasteiger partial charge in [-0.1, -0.05) is 0 Å². The molecule has 0 radical (unpaired) electrons. The molecule has 0 saturated carbocycles. The highest BCUT2D eigenvalue weighted by Gasteiger charge is 2.14. The van der Waals surface area contributed by atoms with Crippen molar-refractivity contribution in [1.82, 2.24) is 15.3 Å². The van der Waals surface area contributed by atoms with Gasteiger partial charge in [0, 0.05) is 29.3 Å². The first-order valence-electron chi connectivity index (χ1n) is 8.61. The van der Waals surface area contributed by atoms with E-state index in [9.17, 15) is 4.79 Å². The Hall–Kier alpha value is -2.03. The molecule has 3 heterocycles. The van der Waals surface area contributed by atoms with Crippen molar-refractivity contribution < 1.29 is 9.53 Å². The molecule has 4 rings (SSSR count). The van der Waals surface area contributed by atoms with Crippen LogP contribution in [0.4, 0.5) is 0 Å². The summed E-state index contributed by atoms with van der Waals surface area (Å²) in [6.07, 6.45) is 0.796. The highest BCUT2D eigenvalue weighted by atomic mass is 32.1. The van der Waals surface area contributed by atoms with Crippen molar-refractivity contribution in [2.75, 3.05) is 13.2 Å². The summed E-state index contributed by atoms with van der Waals surface area (Å²) in [7, 11) is 0. The fourth-order valence-electron chi connectivity index (χ4n) is 3.02. The lowest BCUT2D eigenvalue weighted by Gasteiger charge is -2.09. The highest BCUT2D eigenvalue weighted by Crippen LogP contribution is 2.38. The van der Waals surface area contributed by atoms with Crippen molar-refractivity contribution in [3.63, 3.8) is 0 Å². The van der Waals surface area contributed by atoms with Crippen LogP contribution >= 0.6 is 34.0 Å². The van der Waals surface area contributed by atoms with E-state index < -0.39 is 0 Å². The Morgan fingerprint density at radius 2 is 2.00 bits per heavy atom. The molecular weight excluding hydrogens is 398 g/mol. The van der Waals surface area contributed by atoms with Gasteiger partial charge in [-0.3, -0.25) is 4.79 Å². The zero-order valence-corrected chi connectivity index (χ0v) is 17.7. The van der Waals surface area contributed by atoms with Gasteiger partial charge >= 0.3 is 0 Å². The molecule has 1 amide bonds. The molecule has 5 nitrogen and oxygen atoms in total. The van der Waals surface area contributed by atoms with E-state index in [4.69, 9.17) is 4.74 Å². The van der Waals surface area contributed by atoms with E-state index >= 15 is 0 Å². The largest absolute Gasteiger partial charge is 0.483 e. The van der Waals surface area contributed by atoms with Gasteiger partial charge in [0.2, 0.25) is 0 Å². The molecule has 0 unspecified atom stereocenters. The first-order valence-corrected chi connectivity index (χ1v) is 11.1. The van der Waals surface area contributed by atoms with Crippen LogP contribution in [0.1, 0.15) is 20.6 Å². The Balaban J connectivity index is 1.39. The zero-order valence-electron chi connectivity index (χ0n) is 15.3. The number of carbonyl (C=O) groups is 1. The van der Waals surface area contributed by atoms with Crippen molar-refractivity contribution in [1.29, 1.82) is 0 Å². The van der Waals surface area contributed by atoms with Gasteiger partial charge in [-0.05, 0) is 32.2 Å². The van der Waals surface area contributed by atoms with Gasteiger partial charge < -0.3 is 10.1 Å². The van der Waals surface area contributed by atoms with Crippen LogP contribution in [0.3, 0.4) is 0 Å². The molecule has 1 aromatic carbocycles. The molecule has 0 spiro atoms. The fraction of sp³-hybridized carbons (Fsp3) is 0.316. The average Bonchev–Trinajstić information content (AvgIpc) is 3.30. The zero-order chi connectivity index (χ0) is 19.0. The fourth-order valence-corrected chi connectivity index (χ4v) is 5.79. The molecule has 3 aromatic heterocycles. The maximum atomic E-state index is 12.2. The Morgan fingerprint density at radius 3 is 2.78 bits per heavy atom. The SMILES string of the molecule is Cc1nc(C)c(CCNC(=O)COc2cc3sc(C)nc3c3sccc23)s1. The van der Waals surface area contributed by atoms with Crippen LogP contribution in [0.5, 0.6) is 5.75 Å². The summed E-state index contributed by atoms with van der Waals surface area (Å²) < 4.78 is 8.06. The number of nitrogens with zero attached hydrogens (tertiary/aromatic N) is 2. The molecule has 0 saturated heterocycles. The van der Waals surface area contributed by atoms with Crippen LogP contribution in [0.25, 0.3) is 20.3 Å². The number of aromatic nitrogens is 2. The highest BCUT2D eigenvalue weighted by molar-refractivity contribution is 7.21. The number of benzene rings is 1. The number of carbonyl (C=O) groups excluding carboxylic acids is 1. The molecule has 8 heteroatoms. The number of fused-ring (bicyclic) bond motifs is 3. The number of aryl methyl sites for hydroxylation is 3. The monoisotopic (exact) mass is 417 g/mol. The van der Waals surface area contributed by atoms with Crippen LogP contribution in [-0.4, -0.2) is 29.0 Å². The van der Waals surface area contributed by atoms with Crippen molar-refractivity contribution in [3.8, 4) is 5.75 Å². The molecule has 4 aromatic rings. The van der Waals surface area contributed by atoms with Crippen molar-refractivity contribution in [3.05, 3.63) is 38.1 Å². The molecule has 27 heavy (non-hydrogen) atoms. The Bertz CT molecular complexity index is 1130. The number of rotatable bonds is 6. The molecule has 0 bridgehead atoms. The Morgan fingerprint density at radius 1 is 1.19 bits per heavy atom. The van der Waals surface area contributed by atoms with Crippen LogP contribution in [0, 0.1) is 20.8 Å². The van der Waals surface area contributed by atoms with E-state index in [-0.39, 0.29) is 12.5 Å². The van der Waals surface area contributed by atoms with Crippen LogP contribution in [0.15, 0.2) is 17.5 Å². The number of nitrogens with one attached hydrogen (secondary N) is 1. The summed E-state index contributed by atoms with van der Waals surface area (Å²) >= 11 is 4.98. The van der Waals surface area contributed by atoms with Gasteiger partial charge in [-0.25, -0.2) is 9.97 Å². The van der Waals surface area contributed by atoms with Gasteiger partial charge in [0.1, 0.15) is 5.75 Å². The third-order valence-corrected chi connectivity index (χ3v) is 7.17. The maximum absolute atomic E-state index is 12.2. The van der Waals surface area contributed by atoms with Crippen molar-refractivity contribution in [2.24, 2.45) is 0 Å². The van der Waals surface area contributed by atoms with E-state index in [1.165, 1.54) is 4.88 Å². The smallest absolute Gasteiger partial charge is 0.257 e. The van der Waals surface area contributed by atoms with E-state index in [2.05, 4.69) is 15.3 Å². The molecule has 0 aliphatic rings.